The van der Waals surface area contributed by atoms with Gasteiger partial charge in [0.25, 0.3) is 0 Å². The van der Waals surface area contributed by atoms with Gasteiger partial charge in [0.15, 0.2) is 17.0 Å². The lowest BCUT2D eigenvalue weighted by Gasteiger charge is -2.30. The lowest BCUT2D eigenvalue weighted by Crippen LogP contribution is -2.32. The summed E-state index contributed by atoms with van der Waals surface area (Å²) < 4.78 is 1.78. The van der Waals surface area contributed by atoms with Gasteiger partial charge in [-0.1, -0.05) is 31.3 Å². The molecule has 0 spiro atoms. The van der Waals surface area contributed by atoms with Crippen LogP contribution in [0.25, 0.3) is 11.2 Å². The fourth-order valence-electron chi connectivity index (χ4n) is 3.82. The van der Waals surface area contributed by atoms with Gasteiger partial charge in [0.1, 0.15) is 5.60 Å². The van der Waals surface area contributed by atoms with Crippen LogP contribution >= 0.6 is 0 Å². The Morgan fingerprint density at radius 3 is 3.00 bits per heavy atom. The summed E-state index contributed by atoms with van der Waals surface area (Å²) in [6.45, 7) is 2.98. The molecule has 7 nitrogen and oxygen atoms in total. The molecule has 0 bridgehead atoms. The molecule has 0 saturated heterocycles. The van der Waals surface area contributed by atoms with E-state index in [0.29, 0.717) is 54.7 Å². The van der Waals surface area contributed by atoms with E-state index in [0.717, 1.165) is 18.5 Å². The smallest absolute Gasteiger partial charge is 0.209 e. The second-order valence-electron chi connectivity index (χ2n) is 7.80. The highest BCUT2D eigenvalue weighted by atomic mass is 16.3. The number of terminal acetylenes is 1. The van der Waals surface area contributed by atoms with Crippen molar-refractivity contribution in [2.45, 2.75) is 51.3 Å². The number of aromatic nitrogens is 5. The van der Waals surface area contributed by atoms with Crippen LogP contribution in [0.5, 0.6) is 0 Å². The fraction of sp³-hybridized carbons (Fsp3) is 0.391. The minimum Gasteiger partial charge on any atom is -0.378 e. The molecule has 1 aliphatic rings. The van der Waals surface area contributed by atoms with Crippen molar-refractivity contribution in [3.63, 3.8) is 0 Å². The van der Waals surface area contributed by atoms with Crippen molar-refractivity contribution >= 4 is 17.0 Å². The third kappa shape index (κ3) is 4.42. The molecule has 152 valence electrons. The quantitative estimate of drug-likeness (QED) is 0.655. The maximum atomic E-state index is 10.8. The topological polar surface area (TPSA) is 88.8 Å². The number of anilines is 1. The Morgan fingerprint density at radius 1 is 1.33 bits per heavy atom. The van der Waals surface area contributed by atoms with E-state index in [1.165, 1.54) is 0 Å². The van der Waals surface area contributed by atoms with Crippen LogP contribution in [-0.2, 0) is 13.1 Å². The lowest BCUT2D eigenvalue weighted by atomic mass is 9.79. The Kier molecular flexibility index (Phi) is 5.65. The second-order valence-corrected chi connectivity index (χ2v) is 7.80. The molecule has 3 aromatic heterocycles. The first kappa shape index (κ1) is 19.9. The molecule has 1 aliphatic carbocycles. The van der Waals surface area contributed by atoms with Crippen molar-refractivity contribution in [2.75, 3.05) is 5.32 Å². The summed E-state index contributed by atoms with van der Waals surface area (Å²) in [5.41, 5.74) is 1.12. The molecule has 0 aromatic carbocycles. The zero-order chi connectivity index (χ0) is 21.0. The van der Waals surface area contributed by atoms with E-state index in [2.05, 4.69) is 49.9 Å². The van der Waals surface area contributed by atoms with Crippen molar-refractivity contribution in [2.24, 2.45) is 5.92 Å². The minimum absolute atomic E-state index is 0.330. The average Bonchev–Trinajstić information content (AvgIpc) is 3.14. The van der Waals surface area contributed by atoms with Gasteiger partial charge in [0.2, 0.25) is 5.82 Å². The van der Waals surface area contributed by atoms with Gasteiger partial charge >= 0.3 is 0 Å². The largest absolute Gasteiger partial charge is 0.378 e. The number of fused-ring (bicyclic) bond motifs is 1. The molecule has 30 heavy (non-hydrogen) atoms. The Morgan fingerprint density at radius 2 is 2.23 bits per heavy atom. The van der Waals surface area contributed by atoms with Crippen LogP contribution in [0.2, 0.25) is 0 Å². The Balaban J connectivity index is 1.68. The SMILES string of the molecule is C#CCn1cnc2c(NCc3ccccn3)nc(C#C[C@]3(O)CCC[C@@H](C)C3)nc21. The number of hydrogen-bond donors (Lipinski definition) is 2. The molecule has 1 saturated carbocycles. The molecule has 3 heterocycles. The molecule has 2 atom stereocenters. The molecule has 0 amide bonds. The van der Waals surface area contributed by atoms with Crippen molar-refractivity contribution < 1.29 is 5.11 Å². The highest BCUT2D eigenvalue weighted by molar-refractivity contribution is 5.83. The molecule has 0 aliphatic heterocycles. The summed E-state index contributed by atoms with van der Waals surface area (Å²) >= 11 is 0. The van der Waals surface area contributed by atoms with Gasteiger partial charge in [-0.3, -0.25) is 4.98 Å². The summed E-state index contributed by atoms with van der Waals surface area (Å²) in [7, 11) is 0. The number of rotatable bonds is 4. The number of aliphatic hydroxyl groups is 1. The highest BCUT2D eigenvalue weighted by Gasteiger charge is 2.30. The van der Waals surface area contributed by atoms with Crippen LogP contribution in [0.3, 0.4) is 0 Å². The highest BCUT2D eigenvalue weighted by Crippen LogP contribution is 2.31. The number of pyridine rings is 1. The summed E-state index contributed by atoms with van der Waals surface area (Å²) in [5.74, 6) is 9.98. The van der Waals surface area contributed by atoms with E-state index in [4.69, 9.17) is 6.42 Å². The van der Waals surface area contributed by atoms with Crippen molar-refractivity contribution in [3.8, 4) is 24.2 Å². The molecule has 7 heteroatoms. The maximum absolute atomic E-state index is 10.8. The summed E-state index contributed by atoms with van der Waals surface area (Å²) in [6, 6.07) is 5.74. The molecular formula is C23H24N6O. The van der Waals surface area contributed by atoms with Gasteiger partial charge in [-0.15, -0.1) is 6.42 Å². The van der Waals surface area contributed by atoms with Gasteiger partial charge in [-0.2, -0.15) is 0 Å². The molecule has 4 rings (SSSR count). The number of nitrogens with zero attached hydrogens (tertiary/aromatic N) is 5. The first-order valence-corrected chi connectivity index (χ1v) is 10.1. The van der Waals surface area contributed by atoms with E-state index in [-0.39, 0.29) is 0 Å². The predicted octanol–water partition coefficient (Wildman–Crippen LogP) is 2.76. The molecule has 0 radical (unpaired) electrons. The molecule has 1 fully saturated rings. The molecule has 3 aromatic rings. The third-order valence-corrected chi connectivity index (χ3v) is 5.27. The zero-order valence-corrected chi connectivity index (χ0v) is 17.0. The third-order valence-electron chi connectivity index (χ3n) is 5.27. The predicted molar refractivity (Wildman–Crippen MR) is 115 cm³/mol. The first-order valence-electron chi connectivity index (χ1n) is 10.1. The van der Waals surface area contributed by atoms with Gasteiger partial charge in [0.05, 0.1) is 25.1 Å². The van der Waals surface area contributed by atoms with Crippen LogP contribution in [0, 0.1) is 30.1 Å². The van der Waals surface area contributed by atoms with Gasteiger partial charge < -0.3 is 15.0 Å². The Labute approximate surface area is 176 Å². The van der Waals surface area contributed by atoms with Crippen LogP contribution in [0.1, 0.15) is 44.1 Å². The summed E-state index contributed by atoms with van der Waals surface area (Å²) in [6.07, 6.45) is 12.3. The number of nitrogens with one attached hydrogen (secondary N) is 1. The zero-order valence-electron chi connectivity index (χ0n) is 17.0. The van der Waals surface area contributed by atoms with E-state index in [1.807, 2.05) is 18.2 Å². The van der Waals surface area contributed by atoms with E-state index >= 15 is 0 Å². The standard InChI is InChI=1S/C23H24N6O/c1-3-13-29-16-26-20-21(25-15-18-8-4-5-12-24-18)27-19(28-22(20)29)9-11-23(30)10-6-7-17(2)14-23/h1,4-5,8,12,16-17,30H,6-7,10,13-15H2,2H3,(H,25,27,28)/t17-,23-/m1/s1. The maximum Gasteiger partial charge on any atom is 0.209 e. The van der Waals surface area contributed by atoms with E-state index in [9.17, 15) is 5.11 Å². The van der Waals surface area contributed by atoms with E-state index in [1.54, 1.807) is 17.1 Å². The van der Waals surface area contributed by atoms with Crippen molar-refractivity contribution in [1.29, 1.82) is 0 Å². The number of hydrogen-bond acceptors (Lipinski definition) is 6. The van der Waals surface area contributed by atoms with Gasteiger partial charge in [-0.05, 0) is 43.2 Å². The van der Waals surface area contributed by atoms with Crippen molar-refractivity contribution in [1.82, 2.24) is 24.5 Å². The Bertz CT molecular complexity index is 1140. The molecule has 0 unspecified atom stereocenters. The van der Waals surface area contributed by atoms with Gasteiger partial charge in [-0.25, -0.2) is 15.0 Å². The fourth-order valence-corrected chi connectivity index (χ4v) is 3.82. The van der Waals surface area contributed by atoms with Crippen LogP contribution in [0.15, 0.2) is 30.7 Å². The Hall–Kier alpha value is -3.42. The van der Waals surface area contributed by atoms with Crippen LogP contribution in [0.4, 0.5) is 5.82 Å². The number of imidazole rings is 1. The van der Waals surface area contributed by atoms with E-state index < -0.39 is 5.60 Å². The first-order chi connectivity index (χ1) is 14.6. The summed E-state index contributed by atoms with van der Waals surface area (Å²) in [4.78, 5) is 17.9. The lowest BCUT2D eigenvalue weighted by molar-refractivity contribution is 0.0410. The molecular weight excluding hydrogens is 376 g/mol. The van der Waals surface area contributed by atoms with Crippen LogP contribution < -0.4 is 5.32 Å². The van der Waals surface area contributed by atoms with Gasteiger partial charge in [0, 0.05) is 6.20 Å². The average molecular weight is 400 g/mol. The monoisotopic (exact) mass is 400 g/mol. The molecule has 2 N–H and O–H groups in total. The normalized spacial score (nSPS) is 20.9. The summed E-state index contributed by atoms with van der Waals surface area (Å²) in [5, 5.41) is 14.1. The van der Waals surface area contributed by atoms with Crippen LogP contribution in [-0.4, -0.2) is 35.2 Å². The minimum atomic E-state index is -0.989. The van der Waals surface area contributed by atoms with Crippen molar-refractivity contribution in [3.05, 3.63) is 42.2 Å². The second kappa shape index (κ2) is 8.52.